The maximum absolute atomic E-state index is 13.2. The highest BCUT2D eigenvalue weighted by Gasteiger charge is 2.55. The number of aliphatic hydroxyl groups is 1. The SMILES string of the molecule is CCCSc1nc(N2C(=O)c3ccccc3C2=O)c2nnn([C@@H]3C[C@H](O)[C@H]4OC(C)(C)O[C@H]43)c2n1. The molecular weight excluding hydrogens is 472 g/mol. The maximum Gasteiger partial charge on any atom is 0.267 e. The van der Waals surface area contributed by atoms with Gasteiger partial charge in [0.1, 0.15) is 12.2 Å². The summed E-state index contributed by atoms with van der Waals surface area (Å²) in [6.07, 6.45) is -0.453. The molecule has 182 valence electrons. The molecule has 1 aromatic carbocycles. The fourth-order valence-corrected chi connectivity index (χ4v) is 5.67. The topological polar surface area (TPSA) is 133 Å². The first-order chi connectivity index (χ1) is 16.8. The number of hydrogen-bond donors (Lipinski definition) is 1. The Balaban J connectivity index is 1.48. The number of nitrogens with zero attached hydrogens (tertiary/aromatic N) is 6. The Hall–Kier alpha value is -2.93. The van der Waals surface area contributed by atoms with Gasteiger partial charge in [0.25, 0.3) is 11.8 Å². The standard InChI is InChI=1S/C23H24N6O5S/c1-4-9-35-22-24-18(28-20(31)11-7-5-6-8-12(11)21(28)32)15-19(25-22)29(27-26-15)13-10-14(30)17-16(13)33-23(2,3)34-17/h5-8,13-14,16-17,30H,4,9-10H2,1-3H3/t13-,14+,16+,17-/m1/s1. The molecule has 0 radical (unpaired) electrons. The van der Waals surface area contributed by atoms with Crippen LogP contribution in [-0.2, 0) is 9.47 Å². The molecule has 12 heteroatoms. The van der Waals surface area contributed by atoms with Crippen molar-refractivity contribution in [2.75, 3.05) is 10.7 Å². The molecule has 1 aliphatic carbocycles. The molecule has 0 unspecified atom stereocenters. The smallest absolute Gasteiger partial charge is 0.267 e. The number of thioether (sulfide) groups is 1. The van der Waals surface area contributed by atoms with Gasteiger partial charge in [-0.1, -0.05) is 36.0 Å². The molecule has 0 bridgehead atoms. The first-order valence-corrected chi connectivity index (χ1v) is 12.5. The second kappa shape index (κ2) is 8.05. The van der Waals surface area contributed by atoms with Gasteiger partial charge < -0.3 is 14.6 Å². The summed E-state index contributed by atoms with van der Waals surface area (Å²) in [5.41, 5.74) is 1.24. The Bertz CT molecular complexity index is 1320. The zero-order valence-electron chi connectivity index (χ0n) is 19.4. The summed E-state index contributed by atoms with van der Waals surface area (Å²) in [4.78, 5) is 36.7. The molecule has 1 saturated carbocycles. The van der Waals surface area contributed by atoms with Crippen molar-refractivity contribution in [2.24, 2.45) is 0 Å². The van der Waals surface area contributed by atoms with Gasteiger partial charge in [-0.05, 0) is 32.4 Å². The molecule has 2 aliphatic heterocycles. The van der Waals surface area contributed by atoms with Crippen LogP contribution in [0.4, 0.5) is 5.82 Å². The third kappa shape index (κ3) is 3.46. The average Bonchev–Trinajstić information content (AvgIpc) is 3.54. The minimum Gasteiger partial charge on any atom is -0.390 e. The molecule has 2 amide bonds. The van der Waals surface area contributed by atoms with Gasteiger partial charge in [0.15, 0.2) is 27.9 Å². The number of aromatic nitrogens is 5. The van der Waals surface area contributed by atoms with Crippen LogP contribution in [0.3, 0.4) is 0 Å². The van der Waals surface area contributed by atoms with Crippen LogP contribution in [0.2, 0.25) is 0 Å². The van der Waals surface area contributed by atoms with Crippen LogP contribution in [0.25, 0.3) is 11.2 Å². The Morgan fingerprint density at radius 3 is 2.49 bits per heavy atom. The number of rotatable bonds is 5. The van der Waals surface area contributed by atoms with Crippen molar-refractivity contribution in [3.63, 3.8) is 0 Å². The molecule has 2 fully saturated rings. The van der Waals surface area contributed by atoms with Crippen molar-refractivity contribution in [1.82, 2.24) is 25.0 Å². The van der Waals surface area contributed by atoms with Gasteiger partial charge in [-0.3, -0.25) is 9.59 Å². The lowest BCUT2D eigenvalue weighted by Gasteiger charge is -2.22. The molecule has 3 aliphatic rings. The van der Waals surface area contributed by atoms with E-state index in [4.69, 9.17) is 9.47 Å². The van der Waals surface area contributed by atoms with E-state index in [0.29, 0.717) is 28.4 Å². The van der Waals surface area contributed by atoms with Crippen molar-refractivity contribution in [3.05, 3.63) is 35.4 Å². The number of anilines is 1. The summed E-state index contributed by atoms with van der Waals surface area (Å²) in [6, 6.07) is 6.29. The molecule has 1 saturated heterocycles. The summed E-state index contributed by atoms with van der Waals surface area (Å²) in [6.45, 7) is 5.65. The van der Waals surface area contributed by atoms with E-state index < -0.39 is 42.0 Å². The highest BCUT2D eigenvalue weighted by atomic mass is 32.2. The predicted molar refractivity (Wildman–Crippen MR) is 125 cm³/mol. The molecule has 11 nitrogen and oxygen atoms in total. The van der Waals surface area contributed by atoms with Gasteiger partial charge in [-0.25, -0.2) is 19.5 Å². The Morgan fingerprint density at radius 1 is 1.11 bits per heavy atom. The number of carbonyl (C=O) groups excluding carboxylic acids is 2. The minimum absolute atomic E-state index is 0.102. The largest absolute Gasteiger partial charge is 0.390 e. The van der Waals surface area contributed by atoms with E-state index in [-0.39, 0.29) is 11.3 Å². The molecule has 3 aromatic rings. The highest BCUT2D eigenvalue weighted by Crippen LogP contribution is 2.45. The molecular formula is C23H24N6O5S. The van der Waals surface area contributed by atoms with Crippen molar-refractivity contribution >= 4 is 40.6 Å². The molecule has 1 N–H and O–H groups in total. The predicted octanol–water partition coefficient (Wildman–Crippen LogP) is 2.35. The molecule has 0 spiro atoms. The zero-order chi connectivity index (χ0) is 24.5. The van der Waals surface area contributed by atoms with Gasteiger partial charge in [-0.2, -0.15) is 0 Å². The van der Waals surface area contributed by atoms with Gasteiger partial charge in [0.2, 0.25) is 0 Å². The summed E-state index contributed by atoms with van der Waals surface area (Å²) in [7, 11) is 0. The van der Waals surface area contributed by atoms with Crippen LogP contribution in [0, 0.1) is 0 Å². The molecule has 4 heterocycles. The second-order valence-corrected chi connectivity index (χ2v) is 10.4. The first-order valence-electron chi connectivity index (χ1n) is 11.6. The van der Waals surface area contributed by atoms with E-state index in [9.17, 15) is 14.7 Å². The summed E-state index contributed by atoms with van der Waals surface area (Å²) < 4.78 is 13.6. The van der Waals surface area contributed by atoms with Gasteiger partial charge in [0, 0.05) is 12.2 Å². The summed E-state index contributed by atoms with van der Waals surface area (Å²) in [5.74, 6) is -0.903. The first kappa shape index (κ1) is 22.5. The average molecular weight is 497 g/mol. The van der Waals surface area contributed by atoms with E-state index in [0.717, 1.165) is 17.1 Å². The van der Waals surface area contributed by atoms with Crippen LogP contribution in [0.1, 0.15) is 60.4 Å². The second-order valence-electron chi connectivity index (χ2n) is 9.31. The molecule has 2 aromatic heterocycles. The number of imide groups is 1. The Kier molecular flexibility index (Phi) is 5.18. The third-order valence-electron chi connectivity index (χ3n) is 6.45. The van der Waals surface area contributed by atoms with E-state index in [2.05, 4.69) is 20.3 Å². The maximum atomic E-state index is 13.2. The van der Waals surface area contributed by atoms with Crippen LogP contribution in [-0.4, -0.2) is 71.7 Å². The zero-order valence-corrected chi connectivity index (χ0v) is 20.2. The van der Waals surface area contributed by atoms with Gasteiger partial charge in [0.05, 0.1) is 23.3 Å². The van der Waals surface area contributed by atoms with Crippen LogP contribution >= 0.6 is 11.8 Å². The molecule has 4 atom stereocenters. The number of ether oxygens (including phenoxy) is 2. The number of fused-ring (bicyclic) bond motifs is 3. The normalized spacial score (nSPS) is 27.1. The van der Waals surface area contributed by atoms with E-state index in [1.54, 1.807) is 42.8 Å². The number of hydrogen-bond acceptors (Lipinski definition) is 10. The lowest BCUT2D eigenvalue weighted by Crippen LogP contribution is -2.31. The van der Waals surface area contributed by atoms with Crippen LogP contribution < -0.4 is 4.90 Å². The highest BCUT2D eigenvalue weighted by molar-refractivity contribution is 7.99. The summed E-state index contributed by atoms with van der Waals surface area (Å²) >= 11 is 1.42. The van der Waals surface area contributed by atoms with E-state index in [1.165, 1.54) is 11.8 Å². The van der Waals surface area contributed by atoms with E-state index in [1.807, 2.05) is 6.92 Å². The Morgan fingerprint density at radius 2 is 1.80 bits per heavy atom. The van der Waals surface area contributed by atoms with E-state index >= 15 is 0 Å². The monoisotopic (exact) mass is 496 g/mol. The number of benzene rings is 1. The minimum atomic E-state index is -0.839. The van der Waals surface area contributed by atoms with Crippen molar-refractivity contribution in [1.29, 1.82) is 0 Å². The van der Waals surface area contributed by atoms with Crippen LogP contribution in [0.5, 0.6) is 0 Å². The fraction of sp³-hybridized carbons (Fsp3) is 0.478. The fourth-order valence-electron chi connectivity index (χ4n) is 4.98. The van der Waals surface area contributed by atoms with Gasteiger partial charge in [-0.15, -0.1) is 5.10 Å². The van der Waals surface area contributed by atoms with Crippen molar-refractivity contribution < 1.29 is 24.2 Å². The van der Waals surface area contributed by atoms with Crippen molar-refractivity contribution in [2.45, 2.75) is 68.9 Å². The number of amides is 2. The summed E-state index contributed by atoms with van der Waals surface area (Å²) in [5, 5.41) is 19.7. The van der Waals surface area contributed by atoms with Crippen LogP contribution in [0.15, 0.2) is 29.4 Å². The van der Waals surface area contributed by atoms with Gasteiger partial charge >= 0.3 is 0 Å². The molecule has 6 rings (SSSR count). The number of aliphatic hydroxyl groups excluding tert-OH is 1. The number of carbonyl (C=O) groups is 2. The lowest BCUT2D eigenvalue weighted by atomic mass is 10.1. The Labute approximate surface area is 204 Å². The lowest BCUT2D eigenvalue weighted by molar-refractivity contribution is -0.165. The third-order valence-corrected chi connectivity index (χ3v) is 7.50. The molecule has 35 heavy (non-hydrogen) atoms. The quantitative estimate of drug-likeness (QED) is 0.319. The van der Waals surface area contributed by atoms with Crippen molar-refractivity contribution in [3.8, 4) is 0 Å².